The quantitative estimate of drug-likeness (QED) is 0.0697. The second-order valence-corrected chi connectivity index (χ2v) is 11.6. The fourth-order valence-electron chi connectivity index (χ4n) is 4.40. The lowest BCUT2D eigenvalue weighted by atomic mass is 9.88. The van der Waals surface area contributed by atoms with Crippen LogP contribution in [0.15, 0.2) is 59.8 Å². The van der Waals surface area contributed by atoms with E-state index in [1.807, 2.05) is 52.0 Å². The van der Waals surface area contributed by atoms with E-state index in [0.29, 0.717) is 38.5 Å². The maximum absolute atomic E-state index is 10.7. The largest absolute Gasteiger partial charge is 0.478 e. The predicted molar refractivity (Wildman–Crippen MR) is 167 cm³/mol. The molecule has 0 spiro atoms. The third-order valence-corrected chi connectivity index (χ3v) is 7.68. The SMILES string of the molecule is CCCC(CCC(O)CCC(C)C(O)C/C=C(C)/C=C/C(O)C(C)/C=C/C(=O)O)C(O)/C=C/C(C)=C/CC(O)CC. The zero-order valence-electron chi connectivity index (χ0n) is 26.2. The topological polar surface area (TPSA) is 138 Å². The number of carboxylic acid groups (broad SMARTS) is 1. The normalized spacial score (nSPS) is 19.4. The maximum Gasteiger partial charge on any atom is 0.327 e. The highest BCUT2D eigenvalue weighted by Crippen LogP contribution is 2.23. The summed E-state index contributed by atoms with van der Waals surface area (Å²) in [4.78, 5) is 10.6. The van der Waals surface area contributed by atoms with Crippen LogP contribution < -0.4 is 0 Å². The molecule has 236 valence electrons. The van der Waals surface area contributed by atoms with Gasteiger partial charge in [0.05, 0.1) is 30.5 Å². The first kappa shape index (κ1) is 39.0. The Balaban J connectivity index is 4.67. The highest BCUT2D eigenvalue weighted by molar-refractivity contribution is 5.79. The Morgan fingerprint density at radius 3 is 1.80 bits per heavy atom. The number of aliphatic hydroxyl groups is 5. The minimum Gasteiger partial charge on any atom is -0.478 e. The molecule has 7 heteroatoms. The van der Waals surface area contributed by atoms with E-state index in [2.05, 4.69) is 6.92 Å². The van der Waals surface area contributed by atoms with Crippen molar-refractivity contribution in [1.82, 2.24) is 0 Å². The average molecular weight is 579 g/mol. The summed E-state index contributed by atoms with van der Waals surface area (Å²) >= 11 is 0. The summed E-state index contributed by atoms with van der Waals surface area (Å²) in [5, 5.41) is 60.5. The lowest BCUT2D eigenvalue weighted by Gasteiger charge is -2.23. The predicted octanol–water partition coefficient (Wildman–Crippen LogP) is 5.88. The third kappa shape index (κ3) is 19.7. The van der Waals surface area contributed by atoms with Crippen LogP contribution in [0.4, 0.5) is 0 Å². The molecule has 0 aliphatic rings. The van der Waals surface area contributed by atoms with E-state index in [-0.39, 0.29) is 23.9 Å². The van der Waals surface area contributed by atoms with Crippen molar-refractivity contribution < 1.29 is 35.4 Å². The highest BCUT2D eigenvalue weighted by atomic mass is 16.4. The molecule has 8 atom stereocenters. The van der Waals surface area contributed by atoms with Gasteiger partial charge in [-0.05, 0) is 77.0 Å². The van der Waals surface area contributed by atoms with Crippen molar-refractivity contribution >= 4 is 5.97 Å². The second-order valence-electron chi connectivity index (χ2n) is 11.6. The van der Waals surface area contributed by atoms with Gasteiger partial charge >= 0.3 is 5.97 Å². The summed E-state index contributed by atoms with van der Waals surface area (Å²) in [6, 6.07) is 0. The number of aliphatic carboxylic acids is 1. The Labute approximate surface area is 248 Å². The Kier molecular flexibility index (Phi) is 21.4. The molecule has 0 aliphatic heterocycles. The maximum atomic E-state index is 10.7. The molecule has 0 aromatic heterocycles. The highest BCUT2D eigenvalue weighted by Gasteiger charge is 2.19. The van der Waals surface area contributed by atoms with Crippen molar-refractivity contribution in [1.29, 1.82) is 0 Å². The van der Waals surface area contributed by atoms with Crippen LogP contribution in [-0.4, -0.2) is 67.1 Å². The van der Waals surface area contributed by atoms with Crippen molar-refractivity contribution in [3.05, 3.63) is 59.8 Å². The monoisotopic (exact) mass is 578 g/mol. The average Bonchev–Trinajstić information content (AvgIpc) is 2.95. The standard InChI is InChI=1S/C34H58O7/c1-7-9-28(33(39)22-13-24(3)10-17-29(35)8-2)16-19-30(36)18-14-26(5)31(37)20-11-25(4)12-21-32(38)27(6)15-23-34(40)41/h10-13,15,21-23,26-33,35-39H,7-9,14,16-20H2,1-6H3,(H,40,41)/b21-12+,22-13+,23-15+,24-10+,25-11+. The van der Waals surface area contributed by atoms with Crippen LogP contribution in [0.25, 0.3) is 0 Å². The summed E-state index contributed by atoms with van der Waals surface area (Å²) in [6.45, 7) is 11.6. The van der Waals surface area contributed by atoms with E-state index >= 15 is 0 Å². The van der Waals surface area contributed by atoms with Crippen molar-refractivity contribution in [3.63, 3.8) is 0 Å². The first-order valence-corrected chi connectivity index (χ1v) is 15.3. The van der Waals surface area contributed by atoms with Gasteiger partial charge < -0.3 is 30.6 Å². The lowest BCUT2D eigenvalue weighted by molar-refractivity contribution is -0.131. The molecule has 0 aliphatic carbocycles. The van der Waals surface area contributed by atoms with Crippen LogP contribution in [0.2, 0.25) is 0 Å². The number of carboxylic acids is 1. The van der Waals surface area contributed by atoms with E-state index in [4.69, 9.17) is 5.11 Å². The molecule has 0 heterocycles. The van der Waals surface area contributed by atoms with Crippen molar-refractivity contribution in [2.75, 3.05) is 0 Å². The number of rotatable bonds is 22. The molecule has 8 unspecified atom stereocenters. The third-order valence-electron chi connectivity index (χ3n) is 7.68. The molecule has 41 heavy (non-hydrogen) atoms. The van der Waals surface area contributed by atoms with Gasteiger partial charge in [-0.3, -0.25) is 0 Å². The van der Waals surface area contributed by atoms with Crippen LogP contribution in [-0.2, 0) is 4.79 Å². The van der Waals surface area contributed by atoms with Crippen LogP contribution in [0.1, 0.15) is 99.3 Å². The summed E-state index contributed by atoms with van der Waals surface area (Å²) in [7, 11) is 0. The summed E-state index contributed by atoms with van der Waals surface area (Å²) in [6.07, 6.45) is 16.9. The molecule has 7 nitrogen and oxygen atoms in total. The number of hydrogen-bond donors (Lipinski definition) is 6. The van der Waals surface area contributed by atoms with Crippen molar-refractivity contribution in [2.45, 2.75) is 130 Å². The number of aliphatic hydroxyl groups excluding tert-OH is 5. The van der Waals surface area contributed by atoms with Gasteiger partial charge in [0.15, 0.2) is 0 Å². The van der Waals surface area contributed by atoms with E-state index in [0.717, 1.165) is 36.5 Å². The fraction of sp³-hybridized carbons (Fsp3) is 0.676. The van der Waals surface area contributed by atoms with Gasteiger partial charge in [0.2, 0.25) is 0 Å². The molecule has 0 bridgehead atoms. The summed E-state index contributed by atoms with van der Waals surface area (Å²) in [5.74, 6) is -1.31. The van der Waals surface area contributed by atoms with Gasteiger partial charge in [-0.15, -0.1) is 0 Å². The Morgan fingerprint density at radius 1 is 0.683 bits per heavy atom. The van der Waals surface area contributed by atoms with Gasteiger partial charge in [0.25, 0.3) is 0 Å². The second kappa shape index (κ2) is 22.6. The van der Waals surface area contributed by atoms with Gasteiger partial charge in [-0.25, -0.2) is 4.79 Å². The molecule has 0 saturated carbocycles. The summed E-state index contributed by atoms with van der Waals surface area (Å²) in [5.41, 5.74) is 1.90. The molecule has 0 fully saturated rings. The first-order valence-electron chi connectivity index (χ1n) is 15.3. The molecule has 0 amide bonds. The molecule has 0 rings (SSSR count). The van der Waals surface area contributed by atoms with Crippen LogP contribution >= 0.6 is 0 Å². The zero-order chi connectivity index (χ0) is 31.4. The summed E-state index contributed by atoms with van der Waals surface area (Å²) < 4.78 is 0. The molecule has 0 radical (unpaired) electrons. The molecule has 6 N–H and O–H groups in total. The minimum absolute atomic E-state index is 0.00500. The molecule has 0 aromatic rings. The van der Waals surface area contributed by atoms with E-state index < -0.39 is 30.4 Å². The van der Waals surface area contributed by atoms with Crippen molar-refractivity contribution in [3.8, 4) is 0 Å². The first-order chi connectivity index (χ1) is 19.3. The van der Waals surface area contributed by atoms with E-state index in [9.17, 15) is 30.3 Å². The minimum atomic E-state index is -1.05. The lowest BCUT2D eigenvalue weighted by Crippen LogP contribution is -2.22. The Bertz CT molecular complexity index is 857. The van der Waals surface area contributed by atoms with Gasteiger partial charge in [-0.1, -0.05) is 87.8 Å². The van der Waals surface area contributed by atoms with Crippen LogP contribution in [0.5, 0.6) is 0 Å². The van der Waals surface area contributed by atoms with Crippen LogP contribution in [0.3, 0.4) is 0 Å². The van der Waals surface area contributed by atoms with Crippen molar-refractivity contribution in [2.24, 2.45) is 17.8 Å². The number of carbonyl (C=O) groups is 1. The van der Waals surface area contributed by atoms with Gasteiger partial charge in [0, 0.05) is 12.0 Å². The van der Waals surface area contributed by atoms with E-state index in [1.165, 1.54) is 6.08 Å². The molecular formula is C34H58O7. The Hall–Kier alpha value is -2.03. The number of allylic oxidation sites excluding steroid dienone is 4. The fourth-order valence-corrected chi connectivity index (χ4v) is 4.40. The van der Waals surface area contributed by atoms with Gasteiger partial charge in [-0.2, -0.15) is 0 Å². The molecule has 0 saturated heterocycles. The Morgan fingerprint density at radius 2 is 1.24 bits per heavy atom. The smallest absolute Gasteiger partial charge is 0.327 e. The number of hydrogen-bond acceptors (Lipinski definition) is 6. The molecule has 0 aromatic carbocycles. The zero-order valence-corrected chi connectivity index (χ0v) is 26.2. The van der Waals surface area contributed by atoms with E-state index in [1.54, 1.807) is 19.1 Å². The van der Waals surface area contributed by atoms with Crippen LogP contribution in [0, 0.1) is 17.8 Å². The van der Waals surface area contributed by atoms with Gasteiger partial charge in [0.1, 0.15) is 0 Å². The molecular weight excluding hydrogens is 520 g/mol.